The van der Waals surface area contributed by atoms with Gasteiger partial charge in [0.1, 0.15) is 5.75 Å². The number of methoxy groups -OCH3 is 1. The molecule has 23 heteroatoms. The first-order chi connectivity index (χ1) is 33.5. The van der Waals surface area contributed by atoms with Crippen molar-refractivity contribution in [2.75, 3.05) is 141 Å². The van der Waals surface area contributed by atoms with E-state index in [-0.39, 0.29) is 76.2 Å². The molecule has 20 nitrogen and oxygen atoms in total. The molecule has 3 rings (SSSR count). The summed E-state index contributed by atoms with van der Waals surface area (Å²) in [6.45, 7) is 13.0. The highest BCUT2D eigenvalue weighted by Crippen LogP contribution is 2.51. The zero-order valence-electron chi connectivity index (χ0n) is 41.7. The van der Waals surface area contributed by atoms with E-state index in [0.29, 0.717) is 100 Å². The average molecular weight is 1070 g/mol. The number of aromatic hydroxyl groups is 1. The lowest BCUT2D eigenvalue weighted by Gasteiger charge is -2.30. The van der Waals surface area contributed by atoms with Gasteiger partial charge in [-0.05, 0) is 85.6 Å². The maximum absolute atomic E-state index is 12.3. The van der Waals surface area contributed by atoms with Crippen LogP contribution in [0.1, 0.15) is 64.5 Å². The van der Waals surface area contributed by atoms with Gasteiger partial charge >= 0.3 is 0 Å². The number of phenolic OH excluding ortho intramolecular Hbond substituents is 1. The van der Waals surface area contributed by atoms with Gasteiger partial charge in [0.25, 0.3) is 30.4 Å². The molecule has 0 spiro atoms. The first kappa shape index (κ1) is 61.8. The third-order valence-electron chi connectivity index (χ3n) is 11.3. The Hall–Kier alpha value is -3.53. The molecule has 0 aliphatic carbocycles. The minimum atomic E-state index is -4.59. The lowest BCUT2D eigenvalue weighted by Crippen LogP contribution is -2.31. The van der Waals surface area contributed by atoms with Crippen molar-refractivity contribution >= 4 is 47.3 Å². The van der Waals surface area contributed by atoms with Gasteiger partial charge in [0.05, 0.1) is 102 Å². The highest BCUT2D eigenvalue weighted by molar-refractivity contribution is 7.86. The summed E-state index contributed by atoms with van der Waals surface area (Å²) in [6, 6.07) is 9.51. The van der Waals surface area contributed by atoms with Crippen LogP contribution in [0.25, 0.3) is 5.57 Å². The Morgan fingerprint density at radius 1 is 0.718 bits per heavy atom. The van der Waals surface area contributed by atoms with Crippen molar-refractivity contribution < 1.29 is 82.3 Å². The topological polar surface area (TPSA) is 275 Å². The molecule has 0 saturated heterocycles. The van der Waals surface area contributed by atoms with E-state index < -0.39 is 52.7 Å². The van der Waals surface area contributed by atoms with Crippen LogP contribution in [-0.4, -0.2) is 180 Å². The van der Waals surface area contributed by atoms with Gasteiger partial charge in [0.15, 0.2) is 0 Å². The number of fused-ring (bicyclic) bond motifs is 1. The summed E-state index contributed by atoms with van der Waals surface area (Å²) in [4.78, 5) is 3.44. The maximum atomic E-state index is 12.3. The highest BCUT2D eigenvalue weighted by atomic mass is 32.2. The molecule has 0 bridgehead atoms. The van der Waals surface area contributed by atoms with Crippen molar-refractivity contribution in [3.8, 4) is 5.75 Å². The Bertz CT molecular complexity index is 2350. The van der Waals surface area contributed by atoms with Gasteiger partial charge in [-0.1, -0.05) is 39.0 Å². The largest absolute Gasteiger partial charge is 0.507 e. The number of ether oxygens (including phenoxy) is 7. The van der Waals surface area contributed by atoms with Gasteiger partial charge in [0, 0.05) is 67.5 Å². The van der Waals surface area contributed by atoms with Crippen LogP contribution in [0.5, 0.6) is 5.75 Å². The van der Waals surface area contributed by atoms with Gasteiger partial charge in [-0.2, -0.15) is 25.3 Å². The number of rotatable bonds is 37. The summed E-state index contributed by atoms with van der Waals surface area (Å²) in [5, 5.41) is 20.4. The third-order valence-corrected chi connectivity index (χ3v) is 13.8. The minimum absolute atomic E-state index is 0.00159. The van der Waals surface area contributed by atoms with Crippen molar-refractivity contribution in [3.63, 3.8) is 0 Å². The normalized spacial score (nSPS) is 16.4. The van der Waals surface area contributed by atoms with E-state index in [0.717, 1.165) is 5.57 Å². The molecular formula is C48H76N2O18S3. The molecule has 1 unspecified atom stereocenters. The van der Waals surface area contributed by atoms with Crippen molar-refractivity contribution in [2.45, 2.75) is 63.7 Å². The van der Waals surface area contributed by atoms with E-state index in [1.54, 1.807) is 25.3 Å². The summed E-state index contributed by atoms with van der Waals surface area (Å²) in [7, 11) is -11.5. The third kappa shape index (κ3) is 22.6. The van der Waals surface area contributed by atoms with Crippen LogP contribution in [-0.2, 0) is 68.9 Å². The molecule has 404 valence electrons. The Balaban J connectivity index is 1.88. The molecule has 0 aromatic heterocycles. The average Bonchev–Trinajstić information content (AvgIpc) is 3.51. The number of aliphatic hydroxyl groups is 1. The number of phenols is 1. The summed E-state index contributed by atoms with van der Waals surface area (Å²) < 4.78 is 139. The van der Waals surface area contributed by atoms with Crippen LogP contribution < -0.4 is 9.80 Å². The summed E-state index contributed by atoms with van der Waals surface area (Å²) >= 11 is 0. The first-order valence-corrected chi connectivity index (χ1v) is 28.2. The van der Waals surface area contributed by atoms with Crippen LogP contribution in [0.3, 0.4) is 0 Å². The van der Waals surface area contributed by atoms with E-state index in [4.69, 9.17) is 38.3 Å². The molecule has 0 saturated carbocycles. The van der Waals surface area contributed by atoms with Gasteiger partial charge in [-0.15, -0.1) is 0 Å². The second kappa shape index (κ2) is 30.6. The van der Waals surface area contributed by atoms with Crippen LogP contribution in [0, 0.1) is 5.41 Å². The number of anilines is 2. The van der Waals surface area contributed by atoms with Crippen molar-refractivity contribution in [2.24, 2.45) is 5.41 Å². The predicted octanol–water partition coefficient (Wildman–Crippen LogP) is 5.17. The van der Waals surface area contributed by atoms with E-state index >= 15 is 0 Å². The van der Waals surface area contributed by atoms with Crippen LogP contribution in [0.4, 0.5) is 11.4 Å². The maximum Gasteiger partial charge on any atom is 0.294 e. The SMILES string of the molecule is COCCOCCOCCOCCN(CCCS(=O)(=O)O)c1ccc(/C(=C\C/C=C/C=C2/N(CCCS(=O)(=O)O)c3ccc(S(=O)(=O)O)cc3C2(C)CCOCCOCCOCCO)C(C)(C)C)c(O)c1. The first-order valence-electron chi connectivity index (χ1n) is 23.5. The Morgan fingerprint density at radius 3 is 1.83 bits per heavy atom. The summed E-state index contributed by atoms with van der Waals surface area (Å²) in [5.74, 6) is -0.937. The van der Waals surface area contributed by atoms with Crippen molar-refractivity contribution in [3.05, 3.63) is 77.5 Å². The lowest BCUT2D eigenvalue weighted by atomic mass is 9.78. The summed E-state index contributed by atoms with van der Waals surface area (Å²) in [5.41, 5.74) is 2.57. The van der Waals surface area contributed by atoms with Crippen LogP contribution >= 0.6 is 0 Å². The minimum Gasteiger partial charge on any atom is -0.507 e. The lowest BCUT2D eigenvalue weighted by molar-refractivity contribution is 0.00455. The summed E-state index contributed by atoms with van der Waals surface area (Å²) in [6.07, 6.45) is 8.54. The zero-order valence-corrected chi connectivity index (χ0v) is 44.1. The Kier molecular flexibility index (Phi) is 26.6. The monoisotopic (exact) mass is 1060 g/mol. The van der Waals surface area contributed by atoms with Crippen molar-refractivity contribution in [1.82, 2.24) is 0 Å². The van der Waals surface area contributed by atoms with Gasteiger partial charge in [0.2, 0.25) is 0 Å². The molecular weight excluding hydrogens is 989 g/mol. The Morgan fingerprint density at radius 2 is 1.28 bits per heavy atom. The van der Waals surface area contributed by atoms with E-state index in [2.05, 4.69) is 0 Å². The van der Waals surface area contributed by atoms with Crippen molar-refractivity contribution in [1.29, 1.82) is 0 Å². The number of hydrogen-bond donors (Lipinski definition) is 5. The van der Waals surface area contributed by atoms with Crippen LogP contribution in [0.15, 0.2) is 71.3 Å². The standard InChI is InChI=1S/C48H76N2O18S3/c1-47(2,3)42(41-15-13-39(37-45(41)52)49(18-9-35-69(53,54)55)20-23-64-28-31-68-34-33-66-26-25-62-5)11-7-6-8-12-46-48(4,17-22-63-27-30-67-32-29-65-24-21-51)43-38-40(71(59,60)61)14-16-44(43)50(46)19-10-36-70(56,57)58/h6,8,11-16,37-38,51-52H,7,9-10,17-36H2,1-5H3,(H,53,54,55)(H,56,57,58)(H,59,60,61)/b8-6+,42-11+,46-12+. The number of hydrogen-bond acceptors (Lipinski definition) is 17. The molecule has 0 radical (unpaired) electrons. The highest BCUT2D eigenvalue weighted by Gasteiger charge is 2.44. The fourth-order valence-corrected chi connectivity index (χ4v) is 9.33. The zero-order chi connectivity index (χ0) is 52.6. The van der Waals surface area contributed by atoms with E-state index in [1.165, 1.54) is 12.1 Å². The molecule has 1 heterocycles. The number of allylic oxidation sites excluding steroid dienone is 6. The molecule has 1 aliphatic rings. The second-order valence-corrected chi connectivity index (χ2v) is 22.4. The molecule has 1 aliphatic heterocycles. The quantitative estimate of drug-likeness (QED) is 0.0431. The van der Waals surface area contributed by atoms with Gasteiger partial charge in [-0.3, -0.25) is 13.7 Å². The molecule has 0 amide bonds. The molecule has 1 atom stereocenters. The fraction of sp³-hybridized carbons (Fsp3) is 0.625. The molecule has 0 fully saturated rings. The molecule has 2 aromatic rings. The number of nitrogens with zero attached hydrogens (tertiary/aromatic N) is 2. The Labute approximate surface area is 420 Å². The smallest absolute Gasteiger partial charge is 0.294 e. The molecule has 2 aromatic carbocycles. The van der Waals surface area contributed by atoms with Gasteiger partial charge < -0.3 is 53.2 Å². The van der Waals surface area contributed by atoms with E-state index in [1.807, 2.05) is 67.9 Å². The molecule has 5 N–H and O–H groups in total. The van der Waals surface area contributed by atoms with E-state index in [9.17, 15) is 44.0 Å². The fourth-order valence-electron chi connectivity index (χ4n) is 7.84. The molecule has 71 heavy (non-hydrogen) atoms. The second-order valence-electron chi connectivity index (χ2n) is 17.8. The van der Waals surface area contributed by atoms with Crippen LogP contribution in [0.2, 0.25) is 0 Å². The number of benzene rings is 2. The van der Waals surface area contributed by atoms with Gasteiger partial charge in [-0.25, -0.2) is 0 Å². The predicted molar refractivity (Wildman–Crippen MR) is 271 cm³/mol. The number of aliphatic hydroxyl groups excluding tert-OH is 1.